The normalized spacial score (nSPS) is 26.7. The first kappa shape index (κ1) is 34.2. The van der Waals surface area contributed by atoms with Crippen molar-refractivity contribution >= 4 is 23.8 Å². The molecule has 1 aromatic carbocycles. The van der Waals surface area contributed by atoms with Crippen LogP contribution in [0.5, 0.6) is 11.5 Å². The van der Waals surface area contributed by atoms with E-state index in [-0.39, 0.29) is 36.8 Å². The molecule has 3 aliphatic carbocycles. The molecule has 1 aliphatic heterocycles. The first-order valence-electron chi connectivity index (χ1n) is 16.6. The fraction of sp³-hybridized carbons (Fsp3) is 0.714. The lowest BCUT2D eigenvalue weighted by atomic mass is 9.49. The van der Waals surface area contributed by atoms with Gasteiger partial charge in [-0.3, -0.25) is 14.5 Å². The number of piperidine rings is 1. The highest BCUT2D eigenvalue weighted by molar-refractivity contribution is 5.84. The second-order valence-electron chi connectivity index (χ2n) is 15.5. The Kier molecular flexibility index (Phi) is 9.24. The molecule has 2 N–H and O–H groups in total. The van der Waals surface area contributed by atoms with Gasteiger partial charge >= 0.3 is 18.0 Å². The summed E-state index contributed by atoms with van der Waals surface area (Å²) in [4.78, 5) is 54.1. The van der Waals surface area contributed by atoms with Crippen molar-refractivity contribution in [2.24, 2.45) is 5.92 Å². The number of alkyl carbamates (subject to hydrolysis) is 1. The summed E-state index contributed by atoms with van der Waals surface area (Å²) in [7, 11) is 1.50. The monoisotopic (exact) mass is 642 g/mol. The smallest absolute Gasteiger partial charge is 0.408 e. The van der Waals surface area contributed by atoms with Crippen molar-refractivity contribution in [3.05, 3.63) is 23.3 Å². The standard InChI is InChI=1S/C35H50N2O9/c1-32(2,3)45-30(40)24(36-31(41)46-33(4,5)6)11-13-27(39)44-25-12-10-22-18-26-35(42)15-14-23(38)19-34(35,28(22)29(25)43-7)16-17-37(26)20-21-8-9-21/h10,12,21,24,26,42H,8-9,11,13-20H2,1-7H3,(H,36,41)/t24-,26+,34+,35+/m0/s1. The predicted octanol–water partition coefficient (Wildman–Crippen LogP) is 4.38. The topological polar surface area (TPSA) is 141 Å². The van der Waals surface area contributed by atoms with Gasteiger partial charge in [-0.05, 0) is 104 Å². The van der Waals surface area contributed by atoms with Crippen molar-refractivity contribution in [2.45, 2.75) is 134 Å². The van der Waals surface area contributed by atoms with E-state index in [1.165, 1.54) is 20.0 Å². The Morgan fingerprint density at radius 2 is 1.76 bits per heavy atom. The van der Waals surface area contributed by atoms with Gasteiger partial charge in [0, 0.05) is 42.8 Å². The van der Waals surface area contributed by atoms with Gasteiger partial charge in [-0.25, -0.2) is 9.59 Å². The number of aliphatic hydroxyl groups is 1. The highest BCUT2D eigenvalue weighted by Gasteiger charge is 2.66. The largest absolute Gasteiger partial charge is 0.493 e. The summed E-state index contributed by atoms with van der Waals surface area (Å²) < 4.78 is 22.6. The van der Waals surface area contributed by atoms with Gasteiger partial charge in [0.15, 0.2) is 11.5 Å². The SMILES string of the molecule is COc1c(OC(=O)CC[C@H](NC(=O)OC(C)(C)C)C(=O)OC(C)(C)C)ccc2c1[C@]13CCN(CC4CC4)[C@H](C2)[C@]1(O)CCC(=O)C3. The third-order valence-corrected chi connectivity index (χ3v) is 9.67. The number of ketones is 1. The number of amides is 1. The van der Waals surface area contributed by atoms with Gasteiger partial charge < -0.3 is 29.4 Å². The number of benzene rings is 1. The van der Waals surface area contributed by atoms with Gasteiger partial charge in [-0.1, -0.05) is 6.07 Å². The van der Waals surface area contributed by atoms with Crippen LogP contribution < -0.4 is 14.8 Å². The Morgan fingerprint density at radius 1 is 1.07 bits per heavy atom. The van der Waals surface area contributed by atoms with Crippen molar-refractivity contribution in [2.75, 3.05) is 20.2 Å². The molecule has 46 heavy (non-hydrogen) atoms. The summed E-state index contributed by atoms with van der Waals surface area (Å²) in [6.45, 7) is 12.0. The Morgan fingerprint density at radius 3 is 2.39 bits per heavy atom. The highest BCUT2D eigenvalue weighted by Crippen LogP contribution is 2.61. The quantitative estimate of drug-likeness (QED) is 0.295. The first-order valence-corrected chi connectivity index (χ1v) is 16.6. The summed E-state index contributed by atoms with van der Waals surface area (Å²) in [5.74, 6) is -0.00794. The minimum atomic E-state index is -1.15. The molecule has 0 spiro atoms. The number of nitrogens with one attached hydrogen (secondary N) is 1. The zero-order valence-electron chi connectivity index (χ0n) is 28.3. The lowest BCUT2D eigenvalue weighted by Gasteiger charge is -2.63. The highest BCUT2D eigenvalue weighted by atomic mass is 16.6. The number of esters is 2. The van der Waals surface area contributed by atoms with Crippen molar-refractivity contribution < 1.29 is 43.2 Å². The van der Waals surface area contributed by atoms with Crippen LogP contribution in [0, 0.1) is 5.92 Å². The second-order valence-corrected chi connectivity index (χ2v) is 15.5. The van der Waals surface area contributed by atoms with Gasteiger partial charge in [0.25, 0.3) is 0 Å². The molecular weight excluding hydrogens is 592 g/mol. The summed E-state index contributed by atoms with van der Waals surface area (Å²) >= 11 is 0. The summed E-state index contributed by atoms with van der Waals surface area (Å²) in [5.41, 5.74) is -1.79. The number of nitrogens with zero attached hydrogens (tertiary/aromatic N) is 1. The molecule has 11 heteroatoms. The molecule has 11 nitrogen and oxygen atoms in total. The Labute approximate surface area is 271 Å². The van der Waals surface area contributed by atoms with Crippen molar-refractivity contribution in [1.82, 2.24) is 10.2 Å². The molecule has 254 valence electrons. The van der Waals surface area contributed by atoms with Gasteiger partial charge in [-0.2, -0.15) is 0 Å². The molecular formula is C35H50N2O9. The Bertz CT molecular complexity index is 1380. The third kappa shape index (κ3) is 7.05. The zero-order valence-corrected chi connectivity index (χ0v) is 28.3. The van der Waals surface area contributed by atoms with Gasteiger partial charge in [-0.15, -0.1) is 0 Å². The number of carbonyl (C=O) groups is 4. The van der Waals surface area contributed by atoms with Crippen LogP contribution >= 0.6 is 0 Å². The minimum absolute atomic E-state index is 0.0864. The van der Waals surface area contributed by atoms with Crippen LogP contribution in [0.2, 0.25) is 0 Å². The average Bonchev–Trinajstić information content (AvgIpc) is 3.75. The number of likely N-dealkylation sites (tertiary alicyclic amines) is 1. The first-order chi connectivity index (χ1) is 21.4. The zero-order chi connectivity index (χ0) is 33.7. The van der Waals surface area contributed by atoms with Crippen LogP contribution in [-0.4, -0.2) is 82.9 Å². The molecule has 0 unspecified atom stereocenters. The lowest BCUT2D eigenvalue weighted by Crippen LogP contribution is -2.73. The van der Waals surface area contributed by atoms with Crippen LogP contribution in [0.25, 0.3) is 0 Å². The Balaban J connectivity index is 1.38. The van der Waals surface area contributed by atoms with E-state index in [2.05, 4.69) is 10.2 Å². The number of hydrogen-bond acceptors (Lipinski definition) is 10. The molecule has 0 aromatic heterocycles. The summed E-state index contributed by atoms with van der Waals surface area (Å²) in [6.07, 6.45) is 3.51. The summed E-state index contributed by atoms with van der Waals surface area (Å²) in [6, 6.07) is 2.38. The van der Waals surface area contributed by atoms with Crippen LogP contribution in [0.1, 0.15) is 104 Å². The van der Waals surface area contributed by atoms with Crippen LogP contribution in [0.3, 0.4) is 0 Å². The molecule has 1 heterocycles. The summed E-state index contributed by atoms with van der Waals surface area (Å²) in [5, 5.41) is 15.0. The fourth-order valence-electron chi connectivity index (χ4n) is 7.61. The van der Waals surface area contributed by atoms with Crippen molar-refractivity contribution in [3.8, 4) is 11.5 Å². The van der Waals surface area contributed by atoms with Gasteiger partial charge in [0.1, 0.15) is 23.0 Å². The second kappa shape index (κ2) is 12.4. The number of carbonyl (C=O) groups excluding carboxylic acids is 4. The predicted molar refractivity (Wildman–Crippen MR) is 169 cm³/mol. The molecule has 4 atom stereocenters. The molecule has 1 saturated heterocycles. The number of fused-ring (bicyclic) bond motifs is 1. The van der Waals surface area contributed by atoms with Crippen LogP contribution in [-0.2, 0) is 35.7 Å². The van der Waals surface area contributed by atoms with Gasteiger partial charge in [0.2, 0.25) is 0 Å². The van der Waals surface area contributed by atoms with E-state index in [1.54, 1.807) is 47.6 Å². The van der Waals surface area contributed by atoms with Crippen molar-refractivity contribution in [3.63, 3.8) is 0 Å². The Hall–Kier alpha value is -3.18. The maximum Gasteiger partial charge on any atom is 0.408 e. The number of Topliss-reactive ketones (excluding diaryl/α,β-unsaturated/α-hetero) is 1. The molecule has 0 radical (unpaired) electrons. The maximum atomic E-state index is 13.3. The number of methoxy groups -OCH3 is 1. The van der Waals surface area contributed by atoms with E-state index in [4.69, 9.17) is 18.9 Å². The van der Waals surface area contributed by atoms with E-state index in [0.29, 0.717) is 37.4 Å². The van der Waals surface area contributed by atoms with Gasteiger partial charge in [0.05, 0.1) is 12.7 Å². The van der Waals surface area contributed by atoms with E-state index in [0.717, 1.165) is 24.2 Å². The molecule has 1 aromatic rings. The molecule has 2 saturated carbocycles. The van der Waals surface area contributed by atoms with E-state index >= 15 is 0 Å². The van der Waals surface area contributed by atoms with E-state index < -0.39 is 46.3 Å². The number of ether oxygens (including phenoxy) is 4. The lowest BCUT2D eigenvalue weighted by molar-refractivity contribution is -0.173. The van der Waals surface area contributed by atoms with E-state index in [9.17, 15) is 24.3 Å². The molecule has 5 rings (SSSR count). The molecule has 4 aliphatic rings. The third-order valence-electron chi connectivity index (χ3n) is 9.67. The minimum Gasteiger partial charge on any atom is -0.493 e. The fourth-order valence-corrected chi connectivity index (χ4v) is 7.61. The average molecular weight is 643 g/mol. The van der Waals surface area contributed by atoms with E-state index in [1.807, 2.05) is 6.07 Å². The van der Waals surface area contributed by atoms with Crippen LogP contribution in [0.4, 0.5) is 4.79 Å². The molecule has 1 amide bonds. The van der Waals surface area contributed by atoms with Crippen molar-refractivity contribution in [1.29, 1.82) is 0 Å². The number of hydrogen-bond donors (Lipinski definition) is 2. The molecule has 2 bridgehead atoms. The molecule has 3 fully saturated rings. The van der Waals surface area contributed by atoms with Crippen LogP contribution in [0.15, 0.2) is 12.1 Å². The maximum absolute atomic E-state index is 13.3. The number of rotatable bonds is 9.